The number of hydrogen-bond donors (Lipinski definition) is 1. The van der Waals surface area contributed by atoms with Crippen LogP contribution in [0.4, 0.5) is 5.69 Å². The molecular weight excluding hydrogens is 226 g/mol. The second-order valence-corrected chi connectivity index (χ2v) is 4.45. The molecule has 1 N–H and O–H groups in total. The average molecular weight is 239 g/mol. The molecule has 0 aromatic heterocycles. The van der Waals surface area contributed by atoms with Gasteiger partial charge in [-0.3, -0.25) is 10.0 Å². The van der Waals surface area contributed by atoms with Gasteiger partial charge in [-0.2, -0.15) is 5.06 Å². The molecule has 0 spiro atoms. The second kappa shape index (κ2) is 4.27. The van der Waals surface area contributed by atoms with Crippen LogP contribution in [0, 0.1) is 0 Å². The lowest BCUT2D eigenvalue weighted by Gasteiger charge is -2.29. The Bertz CT molecular complexity index is 580. The molecule has 3 heteroatoms. The normalized spacial score (nSPS) is 18.6. The van der Waals surface area contributed by atoms with Crippen LogP contribution in [-0.4, -0.2) is 11.1 Å². The van der Waals surface area contributed by atoms with E-state index in [0.29, 0.717) is 12.1 Å². The molecule has 0 fully saturated rings. The average Bonchev–Trinajstić information content (AvgIpc) is 2.44. The van der Waals surface area contributed by atoms with Crippen LogP contribution in [0.1, 0.15) is 17.0 Å². The molecule has 90 valence electrons. The number of para-hydroxylation sites is 1. The van der Waals surface area contributed by atoms with Crippen LogP contribution in [0.25, 0.3) is 0 Å². The zero-order valence-corrected chi connectivity index (χ0v) is 9.78. The number of anilines is 1. The molecule has 2 aromatic carbocycles. The number of hydrogen-bond acceptors (Lipinski definition) is 2. The third-order valence-electron chi connectivity index (χ3n) is 3.35. The van der Waals surface area contributed by atoms with Gasteiger partial charge in [-0.15, -0.1) is 0 Å². The summed E-state index contributed by atoms with van der Waals surface area (Å²) in [5.74, 6) is -0.564. The Morgan fingerprint density at radius 2 is 1.67 bits per heavy atom. The number of carbonyl (C=O) groups excluding carboxylic acids is 1. The highest BCUT2D eigenvalue weighted by Crippen LogP contribution is 2.34. The fraction of sp³-hybridized carbons (Fsp3) is 0.133. The summed E-state index contributed by atoms with van der Waals surface area (Å²) in [6.07, 6.45) is 0.635. The van der Waals surface area contributed by atoms with Crippen molar-refractivity contribution in [1.29, 1.82) is 0 Å². The van der Waals surface area contributed by atoms with Crippen molar-refractivity contribution >= 4 is 11.6 Å². The molecule has 0 bridgehead atoms. The monoisotopic (exact) mass is 239 g/mol. The third kappa shape index (κ3) is 1.69. The van der Waals surface area contributed by atoms with Gasteiger partial charge < -0.3 is 0 Å². The number of nitrogens with zero attached hydrogens (tertiary/aromatic N) is 1. The van der Waals surface area contributed by atoms with E-state index in [2.05, 4.69) is 0 Å². The Kier molecular flexibility index (Phi) is 2.61. The van der Waals surface area contributed by atoms with E-state index in [-0.39, 0.29) is 11.8 Å². The van der Waals surface area contributed by atoms with Crippen molar-refractivity contribution in [3.8, 4) is 0 Å². The predicted molar refractivity (Wildman–Crippen MR) is 68.6 cm³/mol. The lowest BCUT2D eigenvalue weighted by Crippen LogP contribution is -2.37. The van der Waals surface area contributed by atoms with Crippen molar-refractivity contribution in [2.45, 2.75) is 12.3 Å². The van der Waals surface area contributed by atoms with Crippen LogP contribution >= 0.6 is 0 Å². The molecule has 2 aromatic rings. The van der Waals surface area contributed by atoms with E-state index >= 15 is 0 Å². The number of fused-ring (bicyclic) bond motifs is 1. The summed E-state index contributed by atoms with van der Waals surface area (Å²) in [5.41, 5.74) is 2.53. The number of amides is 1. The molecule has 0 aliphatic carbocycles. The smallest absolute Gasteiger partial charge is 0.258 e. The number of hydroxylamine groups is 1. The summed E-state index contributed by atoms with van der Waals surface area (Å²) in [6, 6.07) is 17.0. The summed E-state index contributed by atoms with van der Waals surface area (Å²) >= 11 is 0. The summed E-state index contributed by atoms with van der Waals surface area (Å²) in [6.45, 7) is 0. The molecule has 1 amide bonds. The Hall–Kier alpha value is -2.13. The van der Waals surface area contributed by atoms with Crippen LogP contribution in [0.2, 0.25) is 0 Å². The molecule has 0 saturated carbocycles. The molecule has 1 heterocycles. The van der Waals surface area contributed by atoms with Gasteiger partial charge in [0.15, 0.2) is 0 Å². The zero-order chi connectivity index (χ0) is 12.5. The number of benzene rings is 2. The maximum Gasteiger partial charge on any atom is 0.258 e. The topological polar surface area (TPSA) is 40.5 Å². The molecule has 1 unspecified atom stereocenters. The van der Waals surface area contributed by atoms with E-state index in [1.807, 2.05) is 48.5 Å². The van der Waals surface area contributed by atoms with E-state index in [1.165, 1.54) is 0 Å². The summed E-state index contributed by atoms with van der Waals surface area (Å²) < 4.78 is 0. The lowest BCUT2D eigenvalue weighted by atomic mass is 9.87. The van der Waals surface area contributed by atoms with Gasteiger partial charge >= 0.3 is 0 Å². The molecule has 1 aliphatic rings. The van der Waals surface area contributed by atoms with Crippen molar-refractivity contribution in [1.82, 2.24) is 0 Å². The highest BCUT2D eigenvalue weighted by atomic mass is 16.5. The summed E-state index contributed by atoms with van der Waals surface area (Å²) in [5, 5.41) is 10.7. The van der Waals surface area contributed by atoms with E-state index in [4.69, 9.17) is 0 Å². The molecule has 3 rings (SSSR count). The Morgan fingerprint density at radius 1 is 1.00 bits per heavy atom. The van der Waals surface area contributed by atoms with Gasteiger partial charge in [0.1, 0.15) is 0 Å². The molecule has 0 radical (unpaired) electrons. The van der Waals surface area contributed by atoms with Crippen molar-refractivity contribution in [2.24, 2.45) is 0 Å². The first kappa shape index (κ1) is 11.0. The van der Waals surface area contributed by atoms with E-state index in [9.17, 15) is 10.0 Å². The Balaban J connectivity index is 2.04. The zero-order valence-electron chi connectivity index (χ0n) is 9.78. The van der Waals surface area contributed by atoms with Gasteiger partial charge in [-0.05, 0) is 23.6 Å². The lowest BCUT2D eigenvalue weighted by molar-refractivity contribution is -0.125. The molecular formula is C15H13NO2. The van der Waals surface area contributed by atoms with E-state index < -0.39 is 0 Å². The summed E-state index contributed by atoms with van der Waals surface area (Å²) in [4.78, 5) is 12.2. The number of rotatable bonds is 1. The van der Waals surface area contributed by atoms with Gasteiger partial charge in [0.25, 0.3) is 5.91 Å². The second-order valence-electron chi connectivity index (χ2n) is 4.45. The minimum Gasteiger partial charge on any atom is -0.281 e. The quantitative estimate of drug-likeness (QED) is 0.777. The Morgan fingerprint density at radius 3 is 2.44 bits per heavy atom. The number of carbonyl (C=O) groups is 1. The van der Waals surface area contributed by atoms with Crippen molar-refractivity contribution in [3.63, 3.8) is 0 Å². The minimum atomic E-state index is -0.300. The van der Waals surface area contributed by atoms with Crippen molar-refractivity contribution < 1.29 is 10.0 Å². The standard InChI is InChI=1S/C15H13NO2/c17-15-13(11-6-2-1-3-7-11)10-12-8-4-5-9-14(12)16(15)18/h1-9,13,18H,10H2. The molecule has 18 heavy (non-hydrogen) atoms. The van der Waals surface area contributed by atoms with Gasteiger partial charge in [0.05, 0.1) is 11.6 Å². The van der Waals surface area contributed by atoms with E-state index in [0.717, 1.165) is 16.2 Å². The molecule has 1 aliphatic heterocycles. The van der Waals surface area contributed by atoms with Crippen LogP contribution in [-0.2, 0) is 11.2 Å². The van der Waals surface area contributed by atoms with Gasteiger partial charge in [0, 0.05) is 0 Å². The SMILES string of the molecule is O=C1C(c2ccccc2)Cc2ccccc2N1O. The Labute approximate surface area is 105 Å². The highest BCUT2D eigenvalue weighted by molar-refractivity contribution is 5.99. The van der Waals surface area contributed by atoms with Gasteiger partial charge in [-0.25, -0.2) is 0 Å². The van der Waals surface area contributed by atoms with Gasteiger partial charge in [0.2, 0.25) is 0 Å². The van der Waals surface area contributed by atoms with Crippen molar-refractivity contribution in [3.05, 3.63) is 65.7 Å². The molecule has 3 nitrogen and oxygen atoms in total. The maximum absolute atomic E-state index is 12.2. The highest BCUT2D eigenvalue weighted by Gasteiger charge is 2.32. The third-order valence-corrected chi connectivity index (χ3v) is 3.35. The first-order chi connectivity index (χ1) is 8.77. The first-order valence-corrected chi connectivity index (χ1v) is 5.93. The summed E-state index contributed by atoms with van der Waals surface area (Å²) in [7, 11) is 0. The fourth-order valence-electron chi connectivity index (χ4n) is 2.41. The van der Waals surface area contributed by atoms with Crippen LogP contribution in [0.15, 0.2) is 54.6 Å². The predicted octanol–water partition coefficient (Wildman–Crippen LogP) is 2.75. The van der Waals surface area contributed by atoms with Gasteiger partial charge in [-0.1, -0.05) is 48.5 Å². The first-order valence-electron chi connectivity index (χ1n) is 5.93. The van der Waals surface area contributed by atoms with Crippen molar-refractivity contribution in [2.75, 3.05) is 5.06 Å². The van der Waals surface area contributed by atoms with Crippen LogP contribution in [0.3, 0.4) is 0 Å². The fourth-order valence-corrected chi connectivity index (χ4v) is 2.41. The molecule has 1 atom stereocenters. The van der Waals surface area contributed by atoms with Crippen LogP contribution in [0.5, 0.6) is 0 Å². The van der Waals surface area contributed by atoms with E-state index in [1.54, 1.807) is 6.07 Å². The molecule has 0 saturated heterocycles. The van der Waals surface area contributed by atoms with Crippen LogP contribution < -0.4 is 5.06 Å². The minimum absolute atomic E-state index is 0.264. The largest absolute Gasteiger partial charge is 0.281 e. The maximum atomic E-state index is 12.2.